The molecule has 1 atom stereocenters. The number of ether oxygens (including phenoxy) is 2. The number of aromatic amines is 1. The Labute approximate surface area is 107 Å². The minimum atomic E-state index is -0.984. The average molecular weight is 249 g/mol. The van der Waals surface area contributed by atoms with Crippen molar-refractivity contribution >= 4 is 10.9 Å². The van der Waals surface area contributed by atoms with Gasteiger partial charge in [-0.2, -0.15) is 0 Å². The van der Waals surface area contributed by atoms with E-state index in [2.05, 4.69) is 4.98 Å². The van der Waals surface area contributed by atoms with E-state index in [1.807, 2.05) is 30.5 Å². The maximum absolute atomic E-state index is 10.5. The van der Waals surface area contributed by atoms with Crippen molar-refractivity contribution in [2.24, 2.45) is 0 Å². The molecule has 2 aromatic rings. The van der Waals surface area contributed by atoms with Crippen molar-refractivity contribution in [3.8, 4) is 0 Å². The van der Waals surface area contributed by atoms with Gasteiger partial charge in [0.05, 0.1) is 5.60 Å². The maximum Gasteiger partial charge on any atom is 0.159 e. The fourth-order valence-corrected chi connectivity index (χ4v) is 2.09. The van der Waals surface area contributed by atoms with E-state index in [4.69, 9.17) is 9.47 Å². The van der Waals surface area contributed by atoms with Gasteiger partial charge in [-0.25, -0.2) is 0 Å². The molecule has 18 heavy (non-hydrogen) atoms. The summed E-state index contributed by atoms with van der Waals surface area (Å²) in [6.07, 6.45) is 1.86. The average Bonchev–Trinajstić information content (AvgIpc) is 2.83. The molecule has 0 aliphatic rings. The zero-order valence-electron chi connectivity index (χ0n) is 10.9. The van der Waals surface area contributed by atoms with Crippen LogP contribution in [0.25, 0.3) is 10.9 Å². The van der Waals surface area contributed by atoms with Gasteiger partial charge in [-0.05, 0) is 36.1 Å². The molecule has 0 aliphatic heterocycles. The number of hydrogen-bond acceptors (Lipinski definition) is 3. The highest BCUT2D eigenvalue weighted by molar-refractivity contribution is 5.80. The monoisotopic (exact) mass is 249 g/mol. The highest BCUT2D eigenvalue weighted by Crippen LogP contribution is 2.29. The van der Waals surface area contributed by atoms with Gasteiger partial charge in [-0.1, -0.05) is 6.07 Å². The third-order valence-corrected chi connectivity index (χ3v) is 3.27. The lowest BCUT2D eigenvalue weighted by Gasteiger charge is -2.27. The van der Waals surface area contributed by atoms with E-state index in [0.717, 1.165) is 16.5 Å². The van der Waals surface area contributed by atoms with E-state index < -0.39 is 11.9 Å². The molecule has 2 N–H and O–H groups in total. The summed E-state index contributed by atoms with van der Waals surface area (Å²) in [4.78, 5) is 3.13. The molecule has 2 rings (SSSR count). The van der Waals surface area contributed by atoms with Gasteiger partial charge in [0.2, 0.25) is 0 Å². The number of rotatable bonds is 5. The van der Waals surface area contributed by atoms with Gasteiger partial charge in [-0.15, -0.1) is 0 Å². The first-order valence-electron chi connectivity index (χ1n) is 5.92. The summed E-state index contributed by atoms with van der Waals surface area (Å²) in [5, 5.41) is 11.6. The van der Waals surface area contributed by atoms with Gasteiger partial charge in [0.15, 0.2) is 6.29 Å². The fraction of sp³-hybridized carbons (Fsp3) is 0.429. The molecule has 0 saturated carbocycles. The Morgan fingerprint density at radius 3 is 2.67 bits per heavy atom. The summed E-state index contributed by atoms with van der Waals surface area (Å²) in [6.45, 7) is 1.77. The van der Waals surface area contributed by atoms with Gasteiger partial charge in [0.25, 0.3) is 0 Å². The summed E-state index contributed by atoms with van der Waals surface area (Å²) in [7, 11) is 3.14. The topological polar surface area (TPSA) is 54.5 Å². The van der Waals surface area contributed by atoms with Crippen LogP contribution >= 0.6 is 0 Å². The standard InChI is InChI=1S/C14H19NO3/c1-14(16,9-13(17-2)18-3)11-4-5-12-10(8-11)6-7-15-12/h4-8,13,15-16H,9H2,1-3H3. The van der Waals surface area contributed by atoms with Crippen LogP contribution in [0, 0.1) is 0 Å². The van der Waals surface area contributed by atoms with Crippen molar-refractivity contribution < 1.29 is 14.6 Å². The minimum Gasteiger partial charge on any atom is -0.385 e. The molecule has 0 radical (unpaired) electrons. The van der Waals surface area contributed by atoms with E-state index in [1.165, 1.54) is 0 Å². The number of hydrogen-bond donors (Lipinski definition) is 2. The molecule has 4 nitrogen and oxygen atoms in total. The number of methoxy groups -OCH3 is 2. The summed E-state index contributed by atoms with van der Waals surface area (Å²) in [6, 6.07) is 7.85. The van der Waals surface area contributed by atoms with E-state index in [9.17, 15) is 5.11 Å². The molecular weight excluding hydrogens is 230 g/mol. The number of fused-ring (bicyclic) bond motifs is 1. The van der Waals surface area contributed by atoms with E-state index in [-0.39, 0.29) is 0 Å². The first kappa shape index (κ1) is 13.1. The van der Waals surface area contributed by atoms with Crippen LogP contribution in [0.3, 0.4) is 0 Å². The molecule has 0 bridgehead atoms. The molecule has 0 aliphatic carbocycles. The zero-order valence-corrected chi connectivity index (χ0v) is 10.9. The van der Waals surface area contributed by atoms with Crippen molar-refractivity contribution in [1.29, 1.82) is 0 Å². The van der Waals surface area contributed by atoms with Gasteiger partial charge < -0.3 is 19.6 Å². The van der Waals surface area contributed by atoms with Gasteiger partial charge in [-0.3, -0.25) is 0 Å². The summed E-state index contributed by atoms with van der Waals surface area (Å²) < 4.78 is 10.3. The molecular formula is C14H19NO3. The third-order valence-electron chi connectivity index (χ3n) is 3.27. The number of H-pyrrole nitrogens is 1. The molecule has 0 fully saturated rings. The van der Waals surface area contributed by atoms with E-state index in [1.54, 1.807) is 21.1 Å². The molecule has 0 spiro atoms. The minimum absolute atomic E-state index is 0.385. The van der Waals surface area contributed by atoms with Crippen LogP contribution in [0.4, 0.5) is 0 Å². The smallest absolute Gasteiger partial charge is 0.159 e. The Morgan fingerprint density at radius 2 is 2.00 bits per heavy atom. The zero-order chi connectivity index (χ0) is 13.2. The predicted molar refractivity (Wildman–Crippen MR) is 70.3 cm³/mol. The molecule has 98 valence electrons. The number of aliphatic hydroxyl groups is 1. The lowest BCUT2D eigenvalue weighted by atomic mass is 9.91. The predicted octanol–water partition coefficient (Wildman–Crippen LogP) is 2.38. The fourth-order valence-electron chi connectivity index (χ4n) is 2.09. The second-order valence-electron chi connectivity index (χ2n) is 4.66. The summed E-state index contributed by atoms with van der Waals surface area (Å²) >= 11 is 0. The number of benzene rings is 1. The number of nitrogens with one attached hydrogen (secondary N) is 1. The number of aromatic nitrogens is 1. The quantitative estimate of drug-likeness (QED) is 0.800. The van der Waals surface area contributed by atoms with E-state index in [0.29, 0.717) is 6.42 Å². The molecule has 4 heteroatoms. The molecule has 1 heterocycles. The van der Waals surface area contributed by atoms with Crippen LogP contribution < -0.4 is 0 Å². The SMILES string of the molecule is COC(CC(C)(O)c1ccc2[nH]ccc2c1)OC. The lowest BCUT2D eigenvalue weighted by molar-refractivity contribution is -0.142. The van der Waals surface area contributed by atoms with Crippen molar-refractivity contribution in [2.45, 2.75) is 25.2 Å². The van der Waals surface area contributed by atoms with E-state index >= 15 is 0 Å². The molecule has 1 aromatic carbocycles. The van der Waals surface area contributed by atoms with Crippen molar-refractivity contribution in [1.82, 2.24) is 4.98 Å². The van der Waals surface area contributed by atoms with Crippen LogP contribution in [0.5, 0.6) is 0 Å². The van der Waals surface area contributed by atoms with Crippen LogP contribution in [0.15, 0.2) is 30.5 Å². The Bertz CT molecular complexity index is 514. The molecule has 0 saturated heterocycles. The third kappa shape index (κ3) is 2.56. The van der Waals surface area contributed by atoms with Crippen LogP contribution in [-0.2, 0) is 15.1 Å². The second-order valence-corrected chi connectivity index (χ2v) is 4.66. The molecule has 1 aromatic heterocycles. The Hall–Kier alpha value is -1.36. The van der Waals surface area contributed by atoms with Crippen molar-refractivity contribution in [3.05, 3.63) is 36.0 Å². The highest BCUT2D eigenvalue weighted by atomic mass is 16.7. The first-order chi connectivity index (χ1) is 8.56. The lowest BCUT2D eigenvalue weighted by Crippen LogP contribution is -2.29. The molecule has 0 amide bonds. The highest BCUT2D eigenvalue weighted by Gasteiger charge is 2.27. The van der Waals surface area contributed by atoms with Crippen LogP contribution in [0.2, 0.25) is 0 Å². The second kappa shape index (κ2) is 5.10. The van der Waals surface area contributed by atoms with Crippen LogP contribution in [-0.4, -0.2) is 30.6 Å². The van der Waals surface area contributed by atoms with Gasteiger partial charge in [0, 0.05) is 32.4 Å². The normalized spacial score (nSPS) is 15.2. The summed E-state index contributed by atoms with van der Waals surface area (Å²) in [5.74, 6) is 0. The Balaban J connectivity index is 2.27. The Kier molecular flexibility index (Phi) is 3.71. The largest absolute Gasteiger partial charge is 0.385 e. The van der Waals surface area contributed by atoms with Crippen LogP contribution in [0.1, 0.15) is 18.9 Å². The van der Waals surface area contributed by atoms with Gasteiger partial charge in [0.1, 0.15) is 0 Å². The van der Waals surface area contributed by atoms with Gasteiger partial charge >= 0.3 is 0 Å². The first-order valence-corrected chi connectivity index (χ1v) is 5.92. The summed E-state index contributed by atoms with van der Waals surface area (Å²) in [5.41, 5.74) is 0.931. The molecule has 1 unspecified atom stereocenters. The van der Waals surface area contributed by atoms with Crippen molar-refractivity contribution in [3.63, 3.8) is 0 Å². The Morgan fingerprint density at radius 1 is 1.28 bits per heavy atom. The maximum atomic E-state index is 10.5. The van der Waals surface area contributed by atoms with Crippen molar-refractivity contribution in [2.75, 3.05) is 14.2 Å².